The number of anilines is 1. The highest BCUT2D eigenvalue weighted by Crippen LogP contribution is 2.23. The molecule has 0 spiro atoms. The first-order chi connectivity index (χ1) is 9.06. The Morgan fingerprint density at radius 1 is 1.42 bits per heavy atom. The van der Waals surface area contributed by atoms with Gasteiger partial charge in [0.2, 0.25) is 0 Å². The first-order valence-corrected chi connectivity index (χ1v) is 7.87. The summed E-state index contributed by atoms with van der Waals surface area (Å²) in [6.07, 6.45) is 5.85. The number of piperidine rings is 1. The number of nitrogens with zero attached hydrogens (tertiary/aromatic N) is 3. The van der Waals surface area contributed by atoms with Crippen LogP contribution in [0.4, 0.5) is 5.82 Å². The van der Waals surface area contributed by atoms with Crippen LogP contribution < -0.4 is 4.90 Å². The van der Waals surface area contributed by atoms with Crippen LogP contribution in [0, 0.1) is 12.8 Å². The number of aromatic nitrogens is 1. The van der Waals surface area contributed by atoms with Crippen molar-refractivity contribution in [1.29, 1.82) is 0 Å². The molecule has 106 valence electrons. The highest BCUT2D eigenvalue weighted by molar-refractivity contribution is 9.10. The van der Waals surface area contributed by atoms with Crippen LogP contribution in [0.2, 0.25) is 0 Å². The molecule has 1 aromatic rings. The molecular formula is C15H24BrN3. The minimum absolute atomic E-state index is 0.884. The monoisotopic (exact) mass is 325 g/mol. The summed E-state index contributed by atoms with van der Waals surface area (Å²) in [5.74, 6) is 1.99. The molecular weight excluding hydrogens is 302 g/mol. The van der Waals surface area contributed by atoms with Gasteiger partial charge in [0, 0.05) is 24.3 Å². The van der Waals surface area contributed by atoms with Gasteiger partial charge in [-0.1, -0.05) is 0 Å². The van der Waals surface area contributed by atoms with Gasteiger partial charge in [0.15, 0.2) is 0 Å². The van der Waals surface area contributed by atoms with Gasteiger partial charge in [-0.05, 0) is 79.8 Å². The van der Waals surface area contributed by atoms with Crippen molar-refractivity contribution in [2.45, 2.75) is 26.2 Å². The molecule has 1 fully saturated rings. The lowest BCUT2D eigenvalue weighted by molar-refractivity contribution is 0.213. The van der Waals surface area contributed by atoms with Gasteiger partial charge in [0.1, 0.15) is 5.82 Å². The molecule has 0 unspecified atom stereocenters. The number of likely N-dealkylation sites (tertiary alicyclic amines) is 1. The van der Waals surface area contributed by atoms with Gasteiger partial charge in [-0.25, -0.2) is 4.98 Å². The number of rotatable bonds is 4. The third kappa shape index (κ3) is 4.18. The van der Waals surface area contributed by atoms with Gasteiger partial charge in [-0.3, -0.25) is 0 Å². The number of halogens is 1. The maximum atomic E-state index is 4.52. The normalized spacial score (nSPS) is 17.7. The SMILES string of the molecule is Cc1cc(Br)cnc1N(C)CCC1CCN(C)CC1. The van der Waals surface area contributed by atoms with Gasteiger partial charge in [-0.15, -0.1) is 0 Å². The molecule has 0 bridgehead atoms. The maximum Gasteiger partial charge on any atom is 0.131 e. The largest absolute Gasteiger partial charge is 0.359 e. The fraction of sp³-hybridized carbons (Fsp3) is 0.667. The first kappa shape index (κ1) is 14.8. The number of pyridine rings is 1. The highest BCUT2D eigenvalue weighted by Gasteiger charge is 2.17. The highest BCUT2D eigenvalue weighted by atomic mass is 79.9. The second kappa shape index (κ2) is 6.71. The molecule has 0 aromatic carbocycles. The molecule has 4 heteroatoms. The van der Waals surface area contributed by atoms with E-state index >= 15 is 0 Å². The van der Waals surface area contributed by atoms with Crippen molar-refractivity contribution in [2.24, 2.45) is 5.92 Å². The Bertz CT molecular complexity index is 414. The number of hydrogen-bond acceptors (Lipinski definition) is 3. The Labute approximate surface area is 125 Å². The number of aryl methyl sites for hydroxylation is 1. The second-order valence-electron chi connectivity index (χ2n) is 5.75. The topological polar surface area (TPSA) is 19.4 Å². The summed E-state index contributed by atoms with van der Waals surface area (Å²) in [5.41, 5.74) is 1.24. The van der Waals surface area contributed by atoms with Crippen molar-refractivity contribution in [3.8, 4) is 0 Å². The van der Waals surface area contributed by atoms with Crippen molar-refractivity contribution in [3.63, 3.8) is 0 Å². The third-order valence-corrected chi connectivity index (χ3v) is 4.52. The van der Waals surface area contributed by atoms with Crippen LogP contribution in [0.15, 0.2) is 16.7 Å². The zero-order valence-electron chi connectivity index (χ0n) is 12.2. The Morgan fingerprint density at radius 3 is 2.74 bits per heavy atom. The van der Waals surface area contributed by atoms with E-state index in [1.54, 1.807) is 0 Å². The molecule has 0 N–H and O–H groups in total. The van der Waals surface area contributed by atoms with Crippen LogP contribution in [0.5, 0.6) is 0 Å². The van der Waals surface area contributed by atoms with E-state index in [-0.39, 0.29) is 0 Å². The predicted octanol–water partition coefficient (Wildman–Crippen LogP) is 3.32. The molecule has 1 aliphatic heterocycles. The standard InChI is InChI=1S/C15H24BrN3/c1-12-10-14(16)11-17-15(12)19(3)9-6-13-4-7-18(2)8-5-13/h10-11,13H,4-9H2,1-3H3. The average Bonchev–Trinajstić information content (AvgIpc) is 2.37. The summed E-state index contributed by atoms with van der Waals surface area (Å²) < 4.78 is 1.05. The van der Waals surface area contributed by atoms with Crippen LogP contribution in [0.3, 0.4) is 0 Å². The lowest BCUT2D eigenvalue weighted by atomic mass is 9.94. The fourth-order valence-electron chi connectivity index (χ4n) is 2.77. The summed E-state index contributed by atoms with van der Waals surface area (Å²) in [4.78, 5) is 9.25. The minimum atomic E-state index is 0.884. The first-order valence-electron chi connectivity index (χ1n) is 7.08. The van der Waals surface area contributed by atoms with E-state index in [1.165, 1.54) is 37.9 Å². The molecule has 1 aromatic heterocycles. The van der Waals surface area contributed by atoms with E-state index in [2.05, 4.69) is 57.8 Å². The van der Waals surface area contributed by atoms with E-state index in [4.69, 9.17) is 0 Å². The number of hydrogen-bond donors (Lipinski definition) is 0. The van der Waals surface area contributed by atoms with Crippen molar-refractivity contribution >= 4 is 21.7 Å². The molecule has 1 aliphatic rings. The van der Waals surface area contributed by atoms with Gasteiger partial charge in [-0.2, -0.15) is 0 Å². The molecule has 1 saturated heterocycles. The fourth-order valence-corrected chi connectivity index (χ4v) is 3.21. The van der Waals surface area contributed by atoms with E-state index in [0.29, 0.717) is 0 Å². The quantitative estimate of drug-likeness (QED) is 0.846. The van der Waals surface area contributed by atoms with E-state index in [1.807, 2.05) is 6.20 Å². The van der Waals surface area contributed by atoms with Gasteiger partial charge in [0.05, 0.1) is 0 Å². The van der Waals surface area contributed by atoms with Crippen LogP contribution in [-0.4, -0.2) is 43.6 Å². The Balaban J connectivity index is 1.85. The molecule has 0 atom stereocenters. The van der Waals surface area contributed by atoms with E-state index in [0.717, 1.165) is 22.8 Å². The lowest BCUT2D eigenvalue weighted by Gasteiger charge is -2.30. The molecule has 0 amide bonds. The molecule has 0 aliphatic carbocycles. The molecule has 0 saturated carbocycles. The molecule has 3 nitrogen and oxygen atoms in total. The summed E-state index contributed by atoms with van der Waals surface area (Å²) >= 11 is 3.47. The van der Waals surface area contributed by atoms with Crippen LogP contribution in [0.1, 0.15) is 24.8 Å². The molecule has 19 heavy (non-hydrogen) atoms. The maximum absolute atomic E-state index is 4.52. The molecule has 2 heterocycles. The second-order valence-corrected chi connectivity index (χ2v) is 6.67. The van der Waals surface area contributed by atoms with Crippen LogP contribution >= 0.6 is 15.9 Å². The summed E-state index contributed by atoms with van der Waals surface area (Å²) in [6, 6.07) is 2.13. The average molecular weight is 326 g/mol. The summed E-state index contributed by atoms with van der Waals surface area (Å²) in [6.45, 7) is 5.73. The summed E-state index contributed by atoms with van der Waals surface area (Å²) in [7, 11) is 4.37. The van der Waals surface area contributed by atoms with Crippen LogP contribution in [0.25, 0.3) is 0 Å². The third-order valence-electron chi connectivity index (χ3n) is 4.09. The minimum Gasteiger partial charge on any atom is -0.359 e. The molecule has 0 radical (unpaired) electrons. The van der Waals surface area contributed by atoms with E-state index < -0.39 is 0 Å². The predicted molar refractivity (Wildman–Crippen MR) is 84.8 cm³/mol. The zero-order valence-corrected chi connectivity index (χ0v) is 13.8. The van der Waals surface area contributed by atoms with Crippen molar-refractivity contribution in [1.82, 2.24) is 9.88 Å². The zero-order chi connectivity index (χ0) is 13.8. The van der Waals surface area contributed by atoms with Crippen molar-refractivity contribution in [2.75, 3.05) is 38.6 Å². The van der Waals surface area contributed by atoms with Crippen LogP contribution in [-0.2, 0) is 0 Å². The smallest absolute Gasteiger partial charge is 0.131 e. The Hall–Kier alpha value is -0.610. The summed E-state index contributed by atoms with van der Waals surface area (Å²) in [5, 5.41) is 0. The molecule has 2 rings (SSSR count). The van der Waals surface area contributed by atoms with E-state index in [9.17, 15) is 0 Å². The van der Waals surface area contributed by atoms with Gasteiger partial charge < -0.3 is 9.80 Å². The Kier molecular flexibility index (Phi) is 5.22. The lowest BCUT2D eigenvalue weighted by Crippen LogP contribution is -2.32. The van der Waals surface area contributed by atoms with Gasteiger partial charge in [0.25, 0.3) is 0 Å². The van der Waals surface area contributed by atoms with Crippen molar-refractivity contribution < 1.29 is 0 Å². The van der Waals surface area contributed by atoms with Gasteiger partial charge >= 0.3 is 0 Å². The Morgan fingerprint density at radius 2 is 2.11 bits per heavy atom. The van der Waals surface area contributed by atoms with Crippen molar-refractivity contribution in [3.05, 3.63) is 22.3 Å².